The molecule has 0 aromatic heterocycles. The topological polar surface area (TPSA) is 72.2 Å². The molecule has 0 saturated carbocycles. The number of fused-ring (bicyclic) bond motifs is 1. The van der Waals surface area contributed by atoms with Crippen molar-refractivity contribution in [2.24, 2.45) is 0 Å². The van der Waals surface area contributed by atoms with Gasteiger partial charge in [-0.2, -0.15) is 0 Å². The Kier molecular flexibility index (Phi) is 2.60. The summed E-state index contributed by atoms with van der Waals surface area (Å²) in [5.41, 5.74) is 1.49. The fraction of sp³-hybridized carbons (Fsp3) is 0.364. The minimum Gasteiger partial charge on any atom is -0.325 e. The van der Waals surface area contributed by atoms with Gasteiger partial charge in [-0.3, -0.25) is 14.9 Å². The van der Waals surface area contributed by atoms with E-state index in [2.05, 4.69) is 5.32 Å². The van der Waals surface area contributed by atoms with E-state index in [-0.39, 0.29) is 17.5 Å². The normalized spacial score (nSPS) is 18.1. The van der Waals surface area contributed by atoms with Gasteiger partial charge in [-0.1, -0.05) is 13.3 Å². The van der Waals surface area contributed by atoms with E-state index in [9.17, 15) is 14.9 Å². The smallest absolute Gasteiger partial charge is 0.269 e. The third kappa shape index (κ3) is 1.64. The van der Waals surface area contributed by atoms with Crippen LogP contribution >= 0.6 is 0 Å². The molecule has 5 heteroatoms. The highest BCUT2D eigenvalue weighted by Crippen LogP contribution is 2.37. The Labute approximate surface area is 92.6 Å². The molecule has 5 nitrogen and oxygen atoms in total. The molecule has 0 fully saturated rings. The predicted octanol–water partition coefficient (Wildman–Crippen LogP) is 2.43. The lowest BCUT2D eigenvalue weighted by molar-refractivity contribution is -0.384. The summed E-state index contributed by atoms with van der Waals surface area (Å²) >= 11 is 0. The van der Waals surface area contributed by atoms with Crippen LogP contribution in [-0.2, 0) is 4.79 Å². The van der Waals surface area contributed by atoms with Crippen molar-refractivity contribution in [3.8, 4) is 0 Å². The molecule has 1 heterocycles. The first-order chi connectivity index (χ1) is 7.63. The Morgan fingerprint density at radius 3 is 2.88 bits per heavy atom. The lowest BCUT2D eigenvalue weighted by atomic mass is 9.96. The first-order valence-corrected chi connectivity index (χ1v) is 5.22. The molecular weight excluding hydrogens is 208 g/mol. The fourth-order valence-corrected chi connectivity index (χ4v) is 2.00. The van der Waals surface area contributed by atoms with E-state index >= 15 is 0 Å². The quantitative estimate of drug-likeness (QED) is 0.628. The second-order valence-electron chi connectivity index (χ2n) is 3.86. The molecular formula is C11H12N2O3. The van der Waals surface area contributed by atoms with Gasteiger partial charge in [0.1, 0.15) is 0 Å². The molecule has 1 amide bonds. The van der Waals surface area contributed by atoms with Gasteiger partial charge in [0.25, 0.3) is 5.69 Å². The van der Waals surface area contributed by atoms with E-state index in [4.69, 9.17) is 0 Å². The maximum absolute atomic E-state index is 11.6. The Morgan fingerprint density at radius 1 is 1.50 bits per heavy atom. The zero-order chi connectivity index (χ0) is 11.7. The maximum atomic E-state index is 11.6. The first-order valence-electron chi connectivity index (χ1n) is 5.22. The van der Waals surface area contributed by atoms with E-state index in [1.807, 2.05) is 6.92 Å². The summed E-state index contributed by atoms with van der Waals surface area (Å²) in [6, 6.07) is 4.50. The van der Waals surface area contributed by atoms with E-state index in [1.54, 1.807) is 6.07 Å². The minimum atomic E-state index is -0.438. The Balaban J connectivity index is 2.41. The highest BCUT2D eigenvalue weighted by Gasteiger charge is 2.30. The molecule has 1 aliphatic rings. The van der Waals surface area contributed by atoms with Crippen molar-refractivity contribution in [1.29, 1.82) is 0 Å². The van der Waals surface area contributed by atoms with E-state index in [0.717, 1.165) is 18.4 Å². The monoisotopic (exact) mass is 220 g/mol. The SMILES string of the molecule is CCCC1C(=O)Nc2ccc([N+](=O)[O-])cc21. The Morgan fingerprint density at radius 2 is 2.25 bits per heavy atom. The molecule has 1 aromatic carbocycles. The van der Waals surface area contributed by atoms with Crippen molar-refractivity contribution in [3.63, 3.8) is 0 Å². The molecule has 0 bridgehead atoms. The number of hydrogen-bond acceptors (Lipinski definition) is 3. The largest absolute Gasteiger partial charge is 0.325 e. The summed E-state index contributed by atoms with van der Waals surface area (Å²) in [5.74, 6) is -0.294. The summed E-state index contributed by atoms with van der Waals surface area (Å²) in [7, 11) is 0. The molecule has 16 heavy (non-hydrogen) atoms. The average molecular weight is 220 g/mol. The van der Waals surface area contributed by atoms with Gasteiger partial charge in [0.05, 0.1) is 10.8 Å². The highest BCUT2D eigenvalue weighted by molar-refractivity contribution is 6.03. The zero-order valence-electron chi connectivity index (χ0n) is 8.90. The molecule has 1 atom stereocenters. The summed E-state index contributed by atoms with van der Waals surface area (Å²) < 4.78 is 0. The lowest BCUT2D eigenvalue weighted by Gasteiger charge is -2.05. The molecule has 1 N–H and O–H groups in total. The fourth-order valence-electron chi connectivity index (χ4n) is 2.00. The van der Waals surface area contributed by atoms with Crippen molar-refractivity contribution in [1.82, 2.24) is 0 Å². The number of hydrogen-bond donors (Lipinski definition) is 1. The number of carbonyl (C=O) groups excluding carboxylic acids is 1. The maximum Gasteiger partial charge on any atom is 0.269 e. The average Bonchev–Trinajstić information content (AvgIpc) is 2.55. The number of amides is 1. The third-order valence-corrected chi connectivity index (χ3v) is 2.77. The van der Waals surface area contributed by atoms with E-state index in [0.29, 0.717) is 5.69 Å². The second-order valence-corrected chi connectivity index (χ2v) is 3.86. The van der Waals surface area contributed by atoms with Crippen LogP contribution in [0.3, 0.4) is 0 Å². The van der Waals surface area contributed by atoms with Crippen LogP contribution in [0.2, 0.25) is 0 Å². The number of nitrogens with zero attached hydrogens (tertiary/aromatic N) is 1. The van der Waals surface area contributed by atoms with Crippen LogP contribution in [-0.4, -0.2) is 10.8 Å². The molecule has 1 aliphatic heterocycles. The predicted molar refractivity (Wildman–Crippen MR) is 59.4 cm³/mol. The van der Waals surface area contributed by atoms with Gasteiger partial charge in [0.15, 0.2) is 0 Å². The number of nitro benzene ring substituents is 1. The van der Waals surface area contributed by atoms with Crippen LogP contribution < -0.4 is 5.32 Å². The number of carbonyl (C=O) groups is 1. The minimum absolute atomic E-state index is 0.0383. The van der Waals surface area contributed by atoms with Crippen LogP contribution in [0, 0.1) is 10.1 Å². The number of nitro groups is 1. The third-order valence-electron chi connectivity index (χ3n) is 2.77. The molecule has 1 unspecified atom stereocenters. The molecule has 0 spiro atoms. The number of non-ortho nitro benzene ring substituents is 1. The van der Waals surface area contributed by atoms with Crippen LogP contribution in [0.25, 0.3) is 0 Å². The van der Waals surface area contributed by atoms with Crippen molar-refractivity contribution in [2.45, 2.75) is 25.7 Å². The number of benzene rings is 1. The zero-order valence-corrected chi connectivity index (χ0v) is 8.90. The summed E-state index contributed by atoms with van der Waals surface area (Å²) in [5, 5.41) is 13.4. The lowest BCUT2D eigenvalue weighted by Crippen LogP contribution is -2.11. The second kappa shape index (κ2) is 3.92. The van der Waals surface area contributed by atoms with Crippen molar-refractivity contribution < 1.29 is 9.72 Å². The van der Waals surface area contributed by atoms with E-state index in [1.165, 1.54) is 12.1 Å². The van der Waals surface area contributed by atoms with Gasteiger partial charge < -0.3 is 5.32 Å². The molecule has 84 valence electrons. The van der Waals surface area contributed by atoms with Gasteiger partial charge in [0, 0.05) is 17.8 Å². The molecule has 0 radical (unpaired) electrons. The van der Waals surface area contributed by atoms with Gasteiger partial charge in [0.2, 0.25) is 5.91 Å². The number of rotatable bonds is 3. The van der Waals surface area contributed by atoms with Crippen LogP contribution in [0.4, 0.5) is 11.4 Å². The Bertz CT molecular complexity index is 457. The van der Waals surface area contributed by atoms with Gasteiger partial charge in [-0.25, -0.2) is 0 Å². The number of anilines is 1. The molecule has 1 aromatic rings. The van der Waals surface area contributed by atoms with Crippen molar-refractivity contribution >= 4 is 17.3 Å². The standard InChI is InChI=1S/C11H12N2O3/c1-2-3-8-9-6-7(13(15)16)4-5-10(9)12-11(8)14/h4-6,8H,2-3H2,1H3,(H,12,14). The van der Waals surface area contributed by atoms with Crippen molar-refractivity contribution in [3.05, 3.63) is 33.9 Å². The summed E-state index contributed by atoms with van der Waals surface area (Å²) in [4.78, 5) is 21.8. The van der Waals surface area contributed by atoms with Crippen LogP contribution in [0.5, 0.6) is 0 Å². The Hall–Kier alpha value is -1.91. The van der Waals surface area contributed by atoms with Crippen LogP contribution in [0.15, 0.2) is 18.2 Å². The molecule has 2 rings (SSSR count). The van der Waals surface area contributed by atoms with Gasteiger partial charge >= 0.3 is 0 Å². The molecule has 0 aliphatic carbocycles. The van der Waals surface area contributed by atoms with Gasteiger partial charge in [-0.15, -0.1) is 0 Å². The summed E-state index contributed by atoms with van der Waals surface area (Å²) in [6.45, 7) is 1.99. The molecule has 0 saturated heterocycles. The number of nitrogens with one attached hydrogen (secondary N) is 1. The first kappa shape index (κ1) is 10.6. The highest BCUT2D eigenvalue weighted by atomic mass is 16.6. The van der Waals surface area contributed by atoms with E-state index < -0.39 is 4.92 Å². The van der Waals surface area contributed by atoms with Crippen molar-refractivity contribution in [2.75, 3.05) is 5.32 Å². The van der Waals surface area contributed by atoms with Gasteiger partial charge in [-0.05, 0) is 18.1 Å². The summed E-state index contributed by atoms with van der Waals surface area (Å²) in [6.07, 6.45) is 1.60. The van der Waals surface area contributed by atoms with Crippen LogP contribution in [0.1, 0.15) is 31.2 Å².